The van der Waals surface area contributed by atoms with E-state index >= 15 is 0 Å². The van der Waals surface area contributed by atoms with Crippen LogP contribution in [0.5, 0.6) is 11.5 Å². The van der Waals surface area contributed by atoms with Crippen molar-refractivity contribution in [2.24, 2.45) is 0 Å². The minimum absolute atomic E-state index is 0.272. The van der Waals surface area contributed by atoms with Crippen LogP contribution in [0.3, 0.4) is 0 Å². The first-order valence-electron chi connectivity index (χ1n) is 8.74. The highest BCUT2D eigenvalue weighted by molar-refractivity contribution is 5.91. The second-order valence-corrected chi connectivity index (χ2v) is 6.56. The van der Waals surface area contributed by atoms with Crippen molar-refractivity contribution in [2.75, 3.05) is 0 Å². The molecule has 4 nitrogen and oxygen atoms in total. The highest BCUT2D eigenvalue weighted by Crippen LogP contribution is 2.31. The summed E-state index contributed by atoms with van der Waals surface area (Å²) >= 11 is 0. The molecule has 0 aliphatic heterocycles. The van der Waals surface area contributed by atoms with E-state index in [9.17, 15) is 27.5 Å². The normalized spacial score (nSPS) is 11.8. The molecule has 0 aromatic heterocycles. The van der Waals surface area contributed by atoms with Crippen LogP contribution in [0.4, 0.5) is 17.6 Å². The lowest BCUT2D eigenvalue weighted by Gasteiger charge is -2.16. The minimum Gasteiger partial charge on any atom is -0.457 e. The Bertz CT molecular complexity index is 1110. The van der Waals surface area contributed by atoms with Gasteiger partial charge in [-0.15, -0.1) is 0 Å². The van der Waals surface area contributed by atoms with Crippen LogP contribution in [-0.2, 0) is 0 Å². The number of rotatable bonds is 5. The Kier molecular flexibility index (Phi) is 6.07. The van der Waals surface area contributed by atoms with Gasteiger partial charge in [0, 0.05) is 0 Å². The Morgan fingerprint density at radius 1 is 0.833 bits per heavy atom. The van der Waals surface area contributed by atoms with Crippen molar-refractivity contribution in [1.29, 1.82) is 0 Å². The van der Waals surface area contributed by atoms with E-state index in [-0.39, 0.29) is 5.56 Å². The number of aryl methyl sites for hydroxylation is 2. The quantitative estimate of drug-likeness (QED) is 0.269. The van der Waals surface area contributed by atoms with Crippen LogP contribution in [0.25, 0.3) is 0 Å². The molecule has 0 aliphatic rings. The number of halogens is 4. The molecule has 1 unspecified atom stereocenters. The molecule has 0 fully saturated rings. The zero-order chi connectivity index (χ0) is 22.0. The predicted molar refractivity (Wildman–Crippen MR) is 99.2 cm³/mol. The van der Waals surface area contributed by atoms with Crippen LogP contribution in [-0.4, -0.2) is 11.1 Å². The van der Waals surface area contributed by atoms with Crippen molar-refractivity contribution < 1.29 is 36.9 Å². The van der Waals surface area contributed by atoms with Gasteiger partial charge in [-0.2, -0.15) is 8.78 Å². The van der Waals surface area contributed by atoms with E-state index in [0.717, 1.165) is 30.3 Å². The molecule has 0 saturated heterocycles. The van der Waals surface area contributed by atoms with Crippen molar-refractivity contribution in [1.82, 2.24) is 0 Å². The molecular formula is C22H16F4O4. The molecule has 1 N–H and O–H groups in total. The zero-order valence-corrected chi connectivity index (χ0v) is 15.9. The molecule has 3 aromatic carbocycles. The smallest absolute Gasteiger partial charge is 0.346 e. The molecule has 0 spiro atoms. The molecule has 1 atom stereocenters. The van der Waals surface area contributed by atoms with Crippen LogP contribution >= 0.6 is 0 Å². The van der Waals surface area contributed by atoms with Crippen LogP contribution in [0.1, 0.15) is 33.3 Å². The summed E-state index contributed by atoms with van der Waals surface area (Å²) in [5.41, 5.74) is 0.431. The van der Waals surface area contributed by atoms with Gasteiger partial charge in [-0.1, -0.05) is 12.1 Å². The van der Waals surface area contributed by atoms with Gasteiger partial charge < -0.3 is 14.6 Å². The van der Waals surface area contributed by atoms with Gasteiger partial charge >= 0.3 is 5.97 Å². The largest absolute Gasteiger partial charge is 0.457 e. The Labute approximate surface area is 169 Å². The lowest BCUT2D eigenvalue weighted by atomic mass is 10.1. The molecule has 3 rings (SSSR count). The van der Waals surface area contributed by atoms with Gasteiger partial charge in [0.1, 0.15) is 11.6 Å². The summed E-state index contributed by atoms with van der Waals surface area (Å²) in [6.07, 6.45) is -1.91. The van der Waals surface area contributed by atoms with E-state index in [2.05, 4.69) is 0 Å². The Morgan fingerprint density at radius 3 is 2.03 bits per heavy atom. The van der Waals surface area contributed by atoms with E-state index in [1.165, 1.54) is 18.2 Å². The first-order chi connectivity index (χ1) is 14.2. The third kappa shape index (κ3) is 4.44. The number of aliphatic hydroxyl groups is 1. The fourth-order valence-corrected chi connectivity index (χ4v) is 2.64. The molecule has 8 heteroatoms. The topological polar surface area (TPSA) is 55.8 Å². The number of carbonyl (C=O) groups is 1. The molecule has 0 amide bonds. The molecule has 0 aliphatic carbocycles. The standard InChI is InChI=1S/C22H16F4O4/c1-11-3-5-13(15(23)9-11)21(27)29-17-7-8-18(20(26)19(17)25)30-22(28)14-6-4-12(2)10-16(14)24/h3-10,21,27H,1-2H3. The minimum atomic E-state index is -1.91. The van der Waals surface area contributed by atoms with Gasteiger partial charge in [0.05, 0.1) is 11.1 Å². The number of ether oxygens (including phenoxy) is 2. The Morgan fingerprint density at radius 2 is 1.40 bits per heavy atom. The fraction of sp³-hybridized carbons (Fsp3) is 0.136. The van der Waals surface area contributed by atoms with Crippen molar-refractivity contribution >= 4 is 5.97 Å². The zero-order valence-electron chi connectivity index (χ0n) is 15.9. The summed E-state index contributed by atoms with van der Waals surface area (Å²) in [4.78, 5) is 12.1. The van der Waals surface area contributed by atoms with Gasteiger partial charge in [0.25, 0.3) is 0 Å². The van der Waals surface area contributed by atoms with Gasteiger partial charge in [0.15, 0.2) is 11.5 Å². The van der Waals surface area contributed by atoms with E-state index in [1.807, 2.05) is 0 Å². The van der Waals surface area contributed by atoms with Gasteiger partial charge in [-0.3, -0.25) is 0 Å². The van der Waals surface area contributed by atoms with Gasteiger partial charge in [-0.05, 0) is 61.4 Å². The van der Waals surface area contributed by atoms with E-state index in [0.29, 0.717) is 11.1 Å². The van der Waals surface area contributed by atoms with Crippen LogP contribution in [0.2, 0.25) is 0 Å². The van der Waals surface area contributed by atoms with E-state index in [4.69, 9.17) is 9.47 Å². The average Bonchev–Trinajstić information content (AvgIpc) is 2.67. The lowest BCUT2D eigenvalue weighted by molar-refractivity contribution is -0.0251. The number of esters is 1. The number of hydrogen-bond acceptors (Lipinski definition) is 4. The average molecular weight is 420 g/mol. The summed E-state index contributed by atoms with van der Waals surface area (Å²) < 4.78 is 66.0. The highest BCUT2D eigenvalue weighted by atomic mass is 19.2. The maximum absolute atomic E-state index is 14.3. The first kappa shape index (κ1) is 21.3. The molecule has 156 valence electrons. The second kappa shape index (κ2) is 8.54. The van der Waals surface area contributed by atoms with Crippen LogP contribution in [0.15, 0.2) is 48.5 Å². The summed E-state index contributed by atoms with van der Waals surface area (Å²) in [5.74, 6) is -7.58. The van der Waals surface area contributed by atoms with Crippen LogP contribution in [0, 0.1) is 37.1 Å². The molecule has 0 heterocycles. The summed E-state index contributed by atoms with van der Waals surface area (Å²) in [5, 5.41) is 10.00. The van der Waals surface area contributed by atoms with Crippen molar-refractivity contribution in [3.8, 4) is 11.5 Å². The predicted octanol–water partition coefficient (Wildman–Crippen LogP) is 5.15. The third-order valence-corrected chi connectivity index (χ3v) is 4.22. The number of carbonyl (C=O) groups excluding carboxylic acids is 1. The second-order valence-electron chi connectivity index (χ2n) is 6.56. The number of aliphatic hydroxyl groups excluding tert-OH is 1. The summed E-state index contributed by atoms with van der Waals surface area (Å²) in [6, 6.07) is 9.37. The van der Waals surface area contributed by atoms with Gasteiger partial charge in [0.2, 0.25) is 17.9 Å². The number of hydrogen-bond donors (Lipinski definition) is 1. The monoisotopic (exact) mass is 420 g/mol. The molecule has 3 aromatic rings. The van der Waals surface area contributed by atoms with Crippen molar-refractivity contribution in [3.05, 3.63) is 94.1 Å². The Hall–Kier alpha value is -3.39. The highest BCUT2D eigenvalue weighted by Gasteiger charge is 2.23. The molecular weight excluding hydrogens is 404 g/mol. The van der Waals surface area contributed by atoms with E-state index in [1.54, 1.807) is 13.8 Å². The molecule has 30 heavy (non-hydrogen) atoms. The molecule has 0 bridgehead atoms. The lowest BCUT2D eigenvalue weighted by Crippen LogP contribution is -2.13. The van der Waals surface area contributed by atoms with E-state index < -0.39 is 52.6 Å². The maximum atomic E-state index is 14.3. The fourth-order valence-electron chi connectivity index (χ4n) is 2.64. The third-order valence-electron chi connectivity index (χ3n) is 4.22. The first-order valence-corrected chi connectivity index (χ1v) is 8.74. The summed E-state index contributed by atoms with van der Waals surface area (Å²) in [7, 11) is 0. The van der Waals surface area contributed by atoms with Crippen molar-refractivity contribution in [2.45, 2.75) is 20.1 Å². The Balaban J connectivity index is 1.80. The van der Waals surface area contributed by atoms with Crippen LogP contribution < -0.4 is 9.47 Å². The number of benzene rings is 3. The molecule has 0 radical (unpaired) electrons. The SMILES string of the molecule is Cc1ccc(C(=O)Oc2ccc(OC(O)c3ccc(C)cc3F)c(F)c2F)c(F)c1. The van der Waals surface area contributed by atoms with Crippen molar-refractivity contribution in [3.63, 3.8) is 0 Å². The maximum Gasteiger partial charge on any atom is 0.346 e. The molecule has 0 saturated carbocycles. The summed E-state index contributed by atoms with van der Waals surface area (Å²) in [6.45, 7) is 3.25. The van der Waals surface area contributed by atoms with Gasteiger partial charge in [-0.25, -0.2) is 13.6 Å².